The van der Waals surface area contributed by atoms with E-state index in [0.717, 1.165) is 28.3 Å². The normalized spacial score (nSPS) is 12.6. The van der Waals surface area contributed by atoms with E-state index in [2.05, 4.69) is 13.8 Å². The minimum atomic E-state index is 0.0529. The second-order valence-corrected chi connectivity index (χ2v) is 5.77. The number of hydrogen-bond acceptors (Lipinski definition) is 2. The van der Waals surface area contributed by atoms with E-state index < -0.39 is 0 Å². The summed E-state index contributed by atoms with van der Waals surface area (Å²) >= 11 is 6.21. The zero-order valence-electron chi connectivity index (χ0n) is 12.4. The summed E-state index contributed by atoms with van der Waals surface area (Å²) in [6.45, 7) is 10.2. The van der Waals surface area contributed by atoms with Crippen molar-refractivity contribution in [3.8, 4) is 5.75 Å². The van der Waals surface area contributed by atoms with Crippen LogP contribution < -0.4 is 4.74 Å². The number of aryl methyl sites for hydroxylation is 1. The van der Waals surface area contributed by atoms with Crippen molar-refractivity contribution < 1.29 is 9.53 Å². The fraction of sp³-hybridized carbons (Fsp3) is 0.562. The molecule has 1 rings (SSSR count). The highest BCUT2D eigenvalue weighted by atomic mass is 35.5. The van der Waals surface area contributed by atoms with E-state index in [4.69, 9.17) is 16.3 Å². The van der Waals surface area contributed by atoms with E-state index in [1.807, 2.05) is 32.9 Å². The topological polar surface area (TPSA) is 26.3 Å². The van der Waals surface area contributed by atoms with Crippen LogP contribution in [-0.4, -0.2) is 12.4 Å². The molecule has 2 nitrogen and oxygen atoms in total. The highest BCUT2D eigenvalue weighted by Gasteiger charge is 2.14. The van der Waals surface area contributed by atoms with Crippen molar-refractivity contribution in [1.29, 1.82) is 0 Å². The molecule has 0 heterocycles. The maximum absolute atomic E-state index is 11.8. The summed E-state index contributed by atoms with van der Waals surface area (Å²) in [4.78, 5) is 11.8. The number of benzene rings is 1. The monoisotopic (exact) mass is 282 g/mol. The fourth-order valence-electron chi connectivity index (χ4n) is 1.79. The molecule has 0 spiro atoms. The highest BCUT2D eigenvalue weighted by molar-refractivity contribution is 6.31. The van der Waals surface area contributed by atoms with Gasteiger partial charge in [-0.2, -0.15) is 0 Å². The summed E-state index contributed by atoms with van der Waals surface area (Å²) in [5.41, 5.74) is 2.02. The van der Waals surface area contributed by atoms with Gasteiger partial charge in [0.15, 0.2) is 5.78 Å². The van der Waals surface area contributed by atoms with Crippen LogP contribution in [0, 0.1) is 12.8 Å². The Morgan fingerprint density at radius 3 is 2.47 bits per heavy atom. The zero-order valence-corrected chi connectivity index (χ0v) is 13.2. The standard InChI is InChI=1S/C16H23ClO2/c1-6-11(4)15(18)9-19-16-8-13(10(2)3)14(17)7-12(16)5/h7-8,10-11H,6,9H2,1-5H3. The molecule has 0 fully saturated rings. The number of hydrogen-bond donors (Lipinski definition) is 0. The van der Waals surface area contributed by atoms with E-state index in [0.29, 0.717) is 5.92 Å². The minimum Gasteiger partial charge on any atom is -0.486 e. The number of ether oxygens (including phenoxy) is 1. The lowest BCUT2D eigenvalue weighted by molar-refractivity contribution is -0.124. The molecule has 1 atom stereocenters. The van der Waals surface area contributed by atoms with Crippen LogP contribution in [-0.2, 0) is 4.79 Å². The van der Waals surface area contributed by atoms with Crippen molar-refractivity contribution in [3.05, 3.63) is 28.3 Å². The van der Waals surface area contributed by atoms with E-state index in [1.54, 1.807) is 0 Å². The van der Waals surface area contributed by atoms with E-state index in [1.165, 1.54) is 0 Å². The third-order valence-corrected chi connectivity index (χ3v) is 3.78. The van der Waals surface area contributed by atoms with Gasteiger partial charge in [-0.25, -0.2) is 0 Å². The zero-order chi connectivity index (χ0) is 14.6. The van der Waals surface area contributed by atoms with E-state index in [9.17, 15) is 4.79 Å². The number of halogens is 1. The molecule has 0 aromatic heterocycles. The lowest BCUT2D eigenvalue weighted by atomic mass is 10.0. The van der Waals surface area contributed by atoms with Gasteiger partial charge in [0.1, 0.15) is 12.4 Å². The van der Waals surface area contributed by atoms with Crippen LogP contribution in [0.25, 0.3) is 0 Å². The number of carbonyl (C=O) groups is 1. The highest BCUT2D eigenvalue weighted by Crippen LogP contribution is 2.31. The SMILES string of the molecule is CCC(C)C(=O)COc1cc(C(C)C)c(Cl)cc1C. The minimum absolute atomic E-state index is 0.0529. The molecule has 19 heavy (non-hydrogen) atoms. The van der Waals surface area contributed by atoms with Gasteiger partial charge in [0, 0.05) is 10.9 Å². The second kappa shape index (κ2) is 6.95. The first-order chi connectivity index (χ1) is 8.86. The number of carbonyl (C=O) groups excluding carboxylic acids is 1. The molecular weight excluding hydrogens is 260 g/mol. The van der Waals surface area contributed by atoms with Crippen molar-refractivity contribution >= 4 is 17.4 Å². The Balaban J connectivity index is 2.84. The second-order valence-electron chi connectivity index (χ2n) is 5.36. The molecular formula is C16H23ClO2. The molecule has 1 aromatic rings. The molecule has 0 aliphatic rings. The first-order valence-corrected chi connectivity index (χ1v) is 7.20. The van der Waals surface area contributed by atoms with Crippen LogP contribution in [0.3, 0.4) is 0 Å². The summed E-state index contributed by atoms with van der Waals surface area (Å²) < 4.78 is 5.66. The average molecular weight is 283 g/mol. The number of ketones is 1. The predicted molar refractivity (Wildman–Crippen MR) is 80.2 cm³/mol. The molecule has 1 aromatic carbocycles. The van der Waals surface area contributed by atoms with Gasteiger partial charge in [0.25, 0.3) is 0 Å². The third-order valence-electron chi connectivity index (χ3n) is 3.45. The van der Waals surface area contributed by atoms with Gasteiger partial charge in [-0.3, -0.25) is 4.79 Å². The molecule has 0 aliphatic carbocycles. The molecule has 0 saturated carbocycles. The Morgan fingerprint density at radius 2 is 1.95 bits per heavy atom. The number of Topliss-reactive ketones (excluding diaryl/α,β-unsaturated/α-hetero) is 1. The van der Waals surface area contributed by atoms with E-state index >= 15 is 0 Å². The van der Waals surface area contributed by atoms with Crippen molar-refractivity contribution in [1.82, 2.24) is 0 Å². The molecule has 3 heteroatoms. The third kappa shape index (κ3) is 4.24. The van der Waals surface area contributed by atoms with Crippen molar-refractivity contribution in [3.63, 3.8) is 0 Å². The molecule has 0 saturated heterocycles. The lowest BCUT2D eigenvalue weighted by Crippen LogP contribution is -2.19. The summed E-state index contributed by atoms with van der Waals surface area (Å²) in [6.07, 6.45) is 0.846. The first-order valence-electron chi connectivity index (χ1n) is 6.82. The van der Waals surface area contributed by atoms with Crippen LogP contribution in [0.5, 0.6) is 5.75 Å². The summed E-state index contributed by atoms with van der Waals surface area (Å²) in [7, 11) is 0. The molecule has 0 bridgehead atoms. The summed E-state index contributed by atoms with van der Waals surface area (Å²) in [5, 5.41) is 0.758. The van der Waals surface area contributed by atoms with Gasteiger partial charge in [-0.05, 0) is 42.5 Å². The largest absolute Gasteiger partial charge is 0.486 e. The van der Waals surface area contributed by atoms with Crippen LogP contribution in [0.15, 0.2) is 12.1 Å². The molecule has 0 amide bonds. The smallest absolute Gasteiger partial charge is 0.172 e. The van der Waals surface area contributed by atoms with Gasteiger partial charge < -0.3 is 4.74 Å². The van der Waals surface area contributed by atoms with Crippen LogP contribution >= 0.6 is 11.6 Å². The van der Waals surface area contributed by atoms with Crippen LogP contribution in [0.4, 0.5) is 0 Å². The molecule has 0 N–H and O–H groups in total. The first kappa shape index (κ1) is 16.0. The van der Waals surface area contributed by atoms with Crippen LogP contribution in [0.2, 0.25) is 5.02 Å². The lowest BCUT2D eigenvalue weighted by Gasteiger charge is -2.15. The van der Waals surface area contributed by atoms with Gasteiger partial charge in [-0.1, -0.05) is 39.3 Å². The average Bonchev–Trinajstić information content (AvgIpc) is 2.35. The van der Waals surface area contributed by atoms with Crippen molar-refractivity contribution in [2.45, 2.75) is 47.0 Å². The van der Waals surface area contributed by atoms with Crippen molar-refractivity contribution in [2.75, 3.05) is 6.61 Å². The number of rotatable bonds is 6. The van der Waals surface area contributed by atoms with E-state index in [-0.39, 0.29) is 18.3 Å². The molecule has 0 aliphatic heterocycles. The Hall–Kier alpha value is -1.02. The van der Waals surface area contributed by atoms with Gasteiger partial charge in [-0.15, -0.1) is 0 Å². The molecule has 1 unspecified atom stereocenters. The Morgan fingerprint density at radius 1 is 1.32 bits per heavy atom. The Bertz CT molecular complexity index is 452. The Labute approximate surface area is 121 Å². The Kier molecular flexibility index (Phi) is 5.86. The summed E-state index contributed by atoms with van der Waals surface area (Å²) in [6, 6.07) is 3.85. The summed E-state index contributed by atoms with van der Waals surface area (Å²) in [5.74, 6) is 1.28. The van der Waals surface area contributed by atoms with Gasteiger partial charge in [0.05, 0.1) is 0 Å². The maximum atomic E-state index is 11.8. The fourth-order valence-corrected chi connectivity index (χ4v) is 2.22. The molecule has 106 valence electrons. The maximum Gasteiger partial charge on any atom is 0.172 e. The van der Waals surface area contributed by atoms with Gasteiger partial charge >= 0.3 is 0 Å². The van der Waals surface area contributed by atoms with Crippen molar-refractivity contribution in [2.24, 2.45) is 5.92 Å². The van der Waals surface area contributed by atoms with Crippen LogP contribution in [0.1, 0.15) is 51.2 Å². The van der Waals surface area contributed by atoms with Gasteiger partial charge in [0.2, 0.25) is 0 Å². The molecule has 0 radical (unpaired) electrons. The predicted octanol–water partition coefficient (Wildman–Crippen LogP) is 4.77. The quantitative estimate of drug-likeness (QED) is 0.751.